The summed E-state index contributed by atoms with van der Waals surface area (Å²) in [5.74, 6) is 0. The van der Waals surface area contributed by atoms with Crippen LogP contribution in [-0.4, -0.2) is 8.07 Å². The fourth-order valence-corrected chi connectivity index (χ4v) is 4.08. The van der Waals surface area contributed by atoms with E-state index in [1.807, 2.05) is 6.08 Å². The van der Waals surface area contributed by atoms with Gasteiger partial charge in [-0.25, -0.2) is 0 Å². The van der Waals surface area contributed by atoms with Gasteiger partial charge in [-0.1, -0.05) is 93.3 Å². The minimum absolute atomic E-state index is 0.743. The summed E-state index contributed by atoms with van der Waals surface area (Å²) in [4.78, 5) is 0. The maximum atomic E-state index is 3.93. The van der Waals surface area contributed by atoms with Crippen LogP contribution in [0.15, 0.2) is 55.1 Å². The molecule has 0 atom stereocenters. The predicted molar refractivity (Wildman–Crippen MR) is 94.2 cm³/mol. The van der Waals surface area contributed by atoms with Crippen LogP contribution in [0.2, 0.25) is 18.6 Å². The molecule has 2 aromatic rings. The van der Waals surface area contributed by atoms with Gasteiger partial charge in [-0.2, -0.15) is 0 Å². The maximum absolute atomic E-state index is 3.93. The zero-order valence-corrected chi connectivity index (χ0v) is 14.0. The summed E-state index contributed by atoms with van der Waals surface area (Å²) < 4.78 is 0. The van der Waals surface area contributed by atoms with E-state index in [1.165, 1.54) is 21.9 Å². The van der Waals surface area contributed by atoms with Crippen LogP contribution < -0.4 is 5.19 Å². The second kappa shape index (κ2) is 5.80. The first-order chi connectivity index (χ1) is 9.46. The molecule has 0 saturated carbocycles. The second-order valence-electron chi connectivity index (χ2n) is 6.25. The second-order valence-corrected chi connectivity index (χ2v) is 11.4. The molecule has 0 fully saturated rings. The highest BCUT2D eigenvalue weighted by molar-refractivity contribution is 6.90. The number of benzene rings is 2. The van der Waals surface area contributed by atoms with Crippen molar-refractivity contribution in [2.75, 3.05) is 0 Å². The molecule has 0 amide bonds. The van der Waals surface area contributed by atoms with Gasteiger partial charge in [-0.3, -0.25) is 0 Å². The standard InChI is InChI=1S/C19H24Si/c1-6-16-10-7-8-13-19(16)17-11-9-12-18(14-17)20(4,5)15(2)3/h6-15H,1H2,2-5H3. The van der Waals surface area contributed by atoms with E-state index in [9.17, 15) is 0 Å². The fraction of sp³-hybridized carbons (Fsp3) is 0.263. The first-order valence-corrected chi connectivity index (χ1v) is 10.4. The highest BCUT2D eigenvalue weighted by atomic mass is 28.3. The Bertz CT molecular complexity index is 609. The zero-order chi connectivity index (χ0) is 14.8. The van der Waals surface area contributed by atoms with Crippen LogP contribution in [0, 0.1) is 0 Å². The fourth-order valence-electron chi connectivity index (χ4n) is 2.36. The Hall–Kier alpha value is -1.60. The van der Waals surface area contributed by atoms with E-state index < -0.39 is 8.07 Å². The van der Waals surface area contributed by atoms with E-state index in [1.54, 1.807) is 0 Å². The average molecular weight is 280 g/mol. The summed E-state index contributed by atoms with van der Waals surface area (Å²) >= 11 is 0. The molecular weight excluding hydrogens is 256 g/mol. The van der Waals surface area contributed by atoms with Crippen molar-refractivity contribution in [2.24, 2.45) is 0 Å². The molecule has 2 rings (SSSR count). The van der Waals surface area contributed by atoms with E-state index in [4.69, 9.17) is 0 Å². The highest BCUT2D eigenvalue weighted by Crippen LogP contribution is 2.26. The van der Waals surface area contributed by atoms with Crippen molar-refractivity contribution >= 4 is 19.3 Å². The van der Waals surface area contributed by atoms with Crippen LogP contribution in [0.4, 0.5) is 0 Å². The summed E-state index contributed by atoms with van der Waals surface area (Å²) in [6, 6.07) is 17.6. The predicted octanol–water partition coefficient (Wildman–Crippen LogP) is 5.32. The van der Waals surface area contributed by atoms with Gasteiger partial charge in [0.1, 0.15) is 0 Å². The summed E-state index contributed by atoms with van der Waals surface area (Å²) in [5.41, 5.74) is 4.53. The van der Waals surface area contributed by atoms with E-state index in [2.05, 4.69) is 82.1 Å². The molecule has 0 radical (unpaired) electrons. The summed E-state index contributed by atoms with van der Waals surface area (Å²) in [7, 11) is -1.37. The van der Waals surface area contributed by atoms with Gasteiger partial charge in [-0.05, 0) is 22.2 Å². The minimum atomic E-state index is -1.37. The van der Waals surface area contributed by atoms with Crippen molar-refractivity contribution in [3.8, 4) is 11.1 Å². The highest BCUT2D eigenvalue weighted by Gasteiger charge is 2.27. The molecule has 20 heavy (non-hydrogen) atoms. The van der Waals surface area contributed by atoms with Crippen molar-refractivity contribution in [1.82, 2.24) is 0 Å². The molecule has 0 saturated heterocycles. The van der Waals surface area contributed by atoms with Gasteiger partial charge in [0.05, 0.1) is 8.07 Å². The number of hydrogen-bond donors (Lipinski definition) is 0. The third kappa shape index (κ3) is 2.78. The van der Waals surface area contributed by atoms with Crippen LogP contribution in [0.1, 0.15) is 19.4 Å². The van der Waals surface area contributed by atoms with Gasteiger partial charge in [0.2, 0.25) is 0 Å². The van der Waals surface area contributed by atoms with Crippen molar-refractivity contribution in [3.05, 3.63) is 60.7 Å². The molecule has 0 heterocycles. The Morgan fingerprint density at radius 2 is 1.70 bits per heavy atom. The molecular formula is C19H24Si. The average Bonchev–Trinajstić information content (AvgIpc) is 2.47. The molecule has 0 bridgehead atoms. The Balaban J connectivity index is 2.53. The lowest BCUT2D eigenvalue weighted by Gasteiger charge is -2.28. The van der Waals surface area contributed by atoms with E-state index in [0.717, 1.165) is 5.54 Å². The van der Waals surface area contributed by atoms with E-state index in [0.29, 0.717) is 0 Å². The Labute approximate surface area is 124 Å². The summed E-state index contributed by atoms with van der Waals surface area (Å²) in [6.07, 6.45) is 1.94. The topological polar surface area (TPSA) is 0 Å². The molecule has 0 spiro atoms. The monoisotopic (exact) mass is 280 g/mol. The van der Waals surface area contributed by atoms with Gasteiger partial charge < -0.3 is 0 Å². The van der Waals surface area contributed by atoms with Gasteiger partial charge >= 0.3 is 0 Å². The summed E-state index contributed by atoms with van der Waals surface area (Å²) in [5, 5.41) is 1.53. The minimum Gasteiger partial charge on any atom is -0.0984 e. The quantitative estimate of drug-likeness (QED) is 0.665. The summed E-state index contributed by atoms with van der Waals surface area (Å²) in [6.45, 7) is 13.5. The van der Waals surface area contributed by atoms with Crippen LogP contribution in [0.25, 0.3) is 17.2 Å². The molecule has 0 aliphatic rings. The van der Waals surface area contributed by atoms with Crippen LogP contribution >= 0.6 is 0 Å². The molecule has 0 nitrogen and oxygen atoms in total. The molecule has 0 aliphatic heterocycles. The third-order valence-electron chi connectivity index (χ3n) is 4.54. The maximum Gasteiger partial charge on any atom is 0.0831 e. The molecule has 0 unspecified atom stereocenters. The smallest absolute Gasteiger partial charge is 0.0831 e. The van der Waals surface area contributed by atoms with Crippen molar-refractivity contribution in [1.29, 1.82) is 0 Å². The Morgan fingerprint density at radius 1 is 1.00 bits per heavy atom. The molecule has 0 aliphatic carbocycles. The Morgan fingerprint density at radius 3 is 2.35 bits per heavy atom. The first kappa shape index (κ1) is 14.8. The SMILES string of the molecule is C=Cc1ccccc1-c1cccc([Si](C)(C)C(C)C)c1. The third-order valence-corrected chi connectivity index (χ3v) is 9.23. The zero-order valence-electron chi connectivity index (χ0n) is 13.0. The number of rotatable bonds is 4. The van der Waals surface area contributed by atoms with Crippen molar-refractivity contribution in [3.63, 3.8) is 0 Å². The first-order valence-electron chi connectivity index (χ1n) is 7.29. The molecule has 0 aromatic heterocycles. The van der Waals surface area contributed by atoms with Gasteiger partial charge in [0.25, 0.3) is 0 Å². The van der Waals surface area contributed by atoms with Gasteiger partial charge in [0, 0.05) is 0 Å². The lowest BCUT2D eigenvalue weighted by atomic mass is 10.00. The van der Waals surface area contributed by atoms with Crippen LogP contribution in [0.5, 0.6) is 0 Å². The Kier molecular flexibility index (Phi) is 4.29. The van der Waals surface area contributed by atoms with Crippen LogP contribution in [-0.2, 0) is 0 Å². The molecule has 2 aromatic carbocycles. The lowest BCUT2D eigenvalue weighted by Crippen LogP contribution is -2.44. The lowest BCUT2D eigenvalue weighted by molar-refractivity contribution is 1.02. The largest absolute Gasteiger partial charge is 0.0984 e. The van der Waals surface area contributed by atoms with E-state index >= 15 is 0 Å². The number of hydrogen-bond acceptors (Lipinski definition) is 0. The molecule has 1 heteroatoms. The normalized spacial score (nSPS) is 11.7. The molecule has 104 valence electrons. The van der Waals surface area contributed by atoms with Crippen LogP contribution in [0.3, 0.4) is 0 Å². The molecule has 0 N–H and O–H groups in total. The van der Waals surface area contributed by atoms with Gasteiger partial charge in [0.15, 0.2) is 0 Å². The van der Waals surface area contributed by atoms with Crippen molar-refractivity contribution < 1.29 is 0 Å². The van der Waals surface area contributed by atoms with E-state index in [-0.39, 0.29) is 0 Å². The van der Waals surface area contributed by atoms with Gasteiger partial charge in [-0.15, -0.1) is 0 Å². The van der Waals surface area contributed by atoms with Crippen molar-refractivity contribution in [2.45, 2.75) is 32.5 Å².